The highest BCUT2D eigenvalue weighted by Crippen LogP contribution is 2.26. The van der Waals surface area contributed by atoms with Crippen molar-refractivity contribution in [1.29, 1.82) is 0 Å². The van der Waals surface area contributed by atoms with E-state index in [0.717, 1.165) is 12.5 Å². The second kappa shape index (κ2) is 8.69. The third-order valence-corrected chi connectivity index (χ3v) is 4.15. The molecule has 3 nitrogen and oxygen atoms in total. The first-order valence-electron chi connectivity index (χ1n) is 7.95. The van der Waals surface area contributed by atoms with E-state index in [1.165, 1.54) is 17.7 Å². The number of carbonyl (C=O) groups is 1. The highest BCUT2D eigenvalue weighted by Gasteiger charge is 2.18. The maximum Gasteiger partial charge on any atom is 0.260 e. The average Bonchev–Trinajstić information content (AvgIpc) is 2.58. The van der Waals surface area contributed by atoms with Crippen molar-refractivity contribution < 1.29 is 13.9 Å². The second-order valence-electron chi connectivity index (χ2n) is 5.60. The molecule has 2 atom stereocenters. The summed E-state index contributed by atoms with van der Waals surface area (Å²) in [6, 6.07) is 13.9. The van der Waals surface area contributed by atoms with E-state index >= 15 is 0 Å². The van der Waals surface area contributed by atoms with E-state index < -0.39 is 11.9 Å². The van der Waals surface area contributed by atoms with Crippen LogP contribution in [0.4, 0.5) is 4.39 Å². The van der Waals surface area contributed by atoms with E-state index in [0.29, 0.717) is 6.54 Å². The van der Waals surface area contributed by atoms with Crippen LogP contribution >= 0.6 is 11.6 Å². The van der Waals surface area contributed by atoms with E-state index in [2.05, 4.69) is 24.4 Å². The third-order valence-electron chi connectivity index (χ3n) is 3.85. The lowest BCUT2D eigenvalue weighted by Crippen LogP contribution is -2.38. The first-order chi connectivity index (χ1) is 11.5. The average molecular weight is 350 g/mol. The van der Waals surface area contributed by atoms with E-state index in [1.807, 2.05) is 18.2 Å². The van der Waals surface area contributed by atoms with Crippen LogP contribution in [0.15, 0.2) is 48.5 Å². The smallest absolute Gasteiger partial charge is 0.260 e. The van der Waals surface area contributed by atoms with Gasteiger partial charge in [0, 0.05) is 12.5 Å². The molecule has 5 heteroatoms. The topological polar surface area (TPSA) is 38.3 Å². The van der Waals surface area contributed by atoms with Crippen molar-refractivity contribution in [1.82, 2.24) is 5.32 Å². The molecule has 2 aromatic rings. The van der Waals surface area contributed by atoms with Crippen LogP contribution in [-0.4, -0.2) is 18.6 Å². The number of hydrogen-bond donors (Lipinski definition) is 1. The minimum atomic E-state index is -0.721. The van der Waals surface area contributed by atoms with Gasteiger partial charge in [0.25, 0.3) is 5.91 Å². The summed E-state index contributed by atoms with van der Waals surface area (Å²) in [5.74, 6) is -0.143. The molecule has 0 radical (unpaired) electrons. The molecule has 0 fully saturated rings. The van der Waals surface area contributed by atoms with Gasteiger partial charge in [-0.05, 0) is 37.1 Å². The standard InChI is InChI=1S/C19H21ClFNO2/c1-3-14(15-7-5-4-6-8-15)12-22-19(23)13(2)24-18-10-9-16(21)11-17(18)20/h4-11,13-14H,3,12H2,1-2H3,(H,22,23). The lowest BCUT2D eigenvalue weighted by atomic mass is 9.96. The van der Waals surface area contributed by atoms with Gasteiger partial charge >= 0.3 is 0 Å². The van der Waals surface area contributed by atoms with Gasteiger partial charge in [-0.15, -0.1) is 0 Å². The Labute approximate surface area is 146 Å². The Morgan fingerprint density at radius 2 is 1.96 bits per heavy atom. The maximum absolute atomic E-state index is 13.0. The molecule has 0 heterocycles. The summed E-state index contributed by atoms with van der Waals surface area (Å²) in [5.41, 5.74) is 1.19. The molecule has 0 aliphatic carbocycles. The van der Waals surface area contributed by atoms with Gasteiger partial charge < -0.3 is 10.1 Å². The fourth-order valence-electron chi connectivity index (χ4n) is 2.41. The van der Waals surface area contributed by atoms with Crippen molar-refractivity contribution in [3.05, 3.63) is 64.9 Å². The van der Waals surface area contributed by atoms with Crippen LogP contribution in [-0.2, 0) is 4.79 Å². The Bertz CT molecular complexity index is 678. The Balaban J connectivity index is 1.91. The lowest BCUT2D eigenvalue weighted by Gasteiger charge is -2.19. The van der Waals surface area contributed by atoms with Gasteiger partial charge in [0.15, 0.2) is 6.10 Å². The normalized spacial score (nSPS) is 13.2. The zero-order valence-corrected chi connectivity index (χ0v) is 14.5. The fourth-order valence-corrected chi connectivity index (χ4v) is 2.62. The van der Waals surface area contributed by atoms with E-state index in [9.17, 15) is 9.18 Å². The molecule has 0 saturated carbocycles. The molecule has 2 unspecified atom stereocenters. The first kappa shape index (κ1) is 18.3. The largest absolute Gasteiger partial charge is 0.479 e. The Hall–Kier alpha value is -2.07. The SMILES string of the molecule is CCC(CNC(=O)C(C)Oc1ccc(F)cc1Cl)c1ccccc1. The van der Waals surface area contributed by atoms with E-state index in [-0.39, 0.29) is 22.6 Å². The second-order valence-corrected chi connectivity index (χ2v) is 6.00. The predicted molar refractivity (Wildman–Crippen MR) is 94.0 cm³/mol. The molecule has 0 aliphatic rings. The molecule has 0 aliphatic heterocycles. The van der Waals surface area contributed by atoms with E-state index in [1.54, 1.807) is 6.92 Å². The fraction of sp³-hybridized carbons (Fsp3) is 0.316. The van der Waals surface area contributed by atoms with Gasteiger partial charge in [0.1, 0.15) is 11.6 Å². The van der Waals surface area contributed by atoms with Gasteiger partial charge in [-0.3, -0.25) is 4.79 Å². The van der Waals surface area contributed by atoms with Gasteiger partial charge in [-0.2, -0.15) is 0 Å². The number of ether oxygens (including phenoxy) is 1. The summed E-state index contributed by atoms with van der Waals surface area (Å²) in [4.78, 5) is 12.2. The van der Waals surface area contributed by atoms with Crippen molar-refractivity contribution in [2.45, 2.75) is 32.3 Å². The molecule has 128 valence electrons. The van der Waals surface area contributed by atoms with Crippen LogP contribution in [0.3, 0.4) is 0 Å². The molecule has 0 bridgehead atoms. The highest BCUT2D eigenvalue weighted by atomic mass is 35.5. The molecular weight excluding hydrogens is 329 g/mol. The van der Waals surface area contributed by atoms with Crippen LogP contribution < -0.4 is 10.1 Å². The van der Waals surface area contributed by atoms with Crippen molar-refractivity contribution in [3.8, 4) is 5.75 Å². The number of halogens is 2. The lowest BCUT2D eigenvalue weighted by molar-refractivity contribution is -0.127. The predicted octanol–water partition coefficient (Wildman–Crippen LogP) is 4.56. The number of rotatable bonds is 7. The van der Waals surface area contributed by atoms with Crippen molar-refractivity contribution in [2.24, 2.45) is 0 Å². The molecule has 2 rings (SSSR count). The molecule has 2 aromatic carbocycles. The maximum atomic E-state index is 13.0. The number of benzene rings is 2. The summed E-state index contributed by atoms with van der Waals surface area (Å²) in [6.45, 7) is 4.25. The number of amides is 1. The Morgan fingerprint density at radius 1 is 1.25 bits per heavy atom. The van der Waals surface area contributed by atoms with E-state index in [4.69, 9.17) is 16.3 Å². The van der Waals surface area contributed by atoms with Crippen molar-refractivity contribution in [3.63, 3.8) is 0 Å². The van der Waals surface area contributed by atoms with Crippen LogP contribution in [0.25, 0.3) is 0 Å². The highest BCUT2D eigenvalue weighted by molar-refractivity contribution is 6.32. The third kappa shape index (κ3) is 4.96. The molecular formula is C19H21ClFNO2. The first-order valence-corrected chi connectivity index (χ1v) is 8.33. The van der Waals surface area contributed by atoms with Gasteiger partial charge in [0.2, 0.25) is 0 Å². The minimum Gasteiger partial charge on any atom is -0.479 e. The van der Waals surface area contributed by atoms with Crippen LogP contribution in [0.5, 0.6) is 5.75 Å². The summed E-state index contributed by atoms with van der Waals surface area (Å²) in [6.07, 6.45) is 0.199. The summed E-state index contributed by atoms with van der Waals surface area (Å²) in [7, 11) is 0. The summed E-state index contributed by atoms with van der Waals surface area (Å²) in [5, 5.41) is 3.05. The van der Waals surface area contributed by atoms with Crippen molar-refractivity contribution >= 4 is 17.5 Å². The summed E-state index contributed by atoms with van der Waals surface area (Å²) < 4.78 is 18.6. The van der Waals surface area contributed by atoms with Gasteiger partial charge in [-0.25, -0.2) is 4.39 Å². The van der Waals surface area contributed by atoms with Crippen LogP contribution in [0.2, 0.25) is 5.02 Å². The van der Waals surface area contributed by atoms with Crippen LogP contribution in [0, 0.1) is 5.82 Å². The number of nitrogens with one attached hydrogen (secondary N) is 1. The number of carbonyl (C=O) groups excluding carboxylic acids is 1. The number of hydrogen-bond acceptors (Lipinski definition) is 2. The Kier molecular flexibility index (Phi) is 6.62. The van der Waals surface area contributed by atoms with Gasteiger partial charge in [0.05, 0.1) is 5.02 Å². The molecule has 0 saturated heterocycles. The monoisotopic (exact) mass is 349 g/mol. The van der Waals surface area contributed by atoms with Gasteiger partial charge in [-0.1, -0.05) is 48.9 Å². The Morgan fingerprint density at radius 3 is 2.58 bits per heavy atom. The molecule has 1 N–H and O–H groups in total. The zero-order chi connectivity index (χ0) is 17.5. The molecule has 24 heavy (non-hydrogen) atoms. The molecule has 0 aromatic heterocycles. The zero-order valence-electron chi connectivity index (χ0n) is 13.8. The molecule has 0 spiro atoms. The summed E-state index contributed by atoms with van der Waals surface area (Å²) >= 11 is 5.91. The quantitative estimate of drug-likeness (QED) is 0.796. The van der Waals surface area contributed by atoms with Crippen LogP contribution in [0.1, 0.15) is 31.7 Å². The minimum absolute atomic E-state index is 0.144. The van der Waals surface area contributed by atoms with Crippen molar-refractivity contribution in [2.75, 3.05) is 6.54 Å². The molecule has 1 amide bonds.